The third kappa shape index (κ3) is 4.68. The molecule has 9 heteroatoms. The van der Waals surface area contributed by atoms with Crippen LogP contribution in [-0.2, 0) is 20.7 Å². The molecule has 0 aliphatic carbocycles. The van der Waals surface area contributed by atoms with Crippen LogP contribution in [0.25, 0.3) is 0 Å². The number of nitrogens with one attached hydrogen (secondary N) is 1. The highest BCUT2D eigenvalue weighted by Crippen LogP contribution is 2.38. The van der Waals surface area contributed by atoms with Gasteiger partial charge in [0.15, 0.2) is 29.1 Å². The molecule has 0 spiro atoms. The van der Waals surface area contributed by atoms with E-state index in [0.717, 1.165) is 0 Å². The predicted octanol–water partition coefficient (Wildman–Crippen LogP) is 2.55. The molecule has 1 aliphatic heterocycles. The van der Waals surface area contributed by atoms with E-state index in [2.05, 4.69) is 5.32 Å². The highest BCUT2D eigenvalue weighted by atomic mass is 16.7. The summed E-state index contributed by atoms with van der Waals surface area (Å²) in [5.74, 6) is 1.39. The molecule has 1 heterocycles. The van der Waals surface area contributed by atoms with Crippen molar-refractivity contribution in [3.05, 3.63) is 35.9 Å². The van der Waals surface area contributed by atoms with Crippen LogP contribution in [0.15, 0.2) is 30.3 Å². The molecule has 3 rings (SSSR count). The SMILES string of the molecule is COc1cc(CC(=O)O[C@H](C)C(=O)Nc2ccc3c(c2)OCO3)cc(OC)c1OC. The van der Waals surface area contributed by atoms with Gasteiger partial charge in [-0.15, -0.1) is 0 Å². The number of methoxy groups -OCH3 is 3. The van der Waals surface area contributed by atoms with Crippen LogP contribution in [0.3, 0.4) is 0 Å². The number of amides is 1. The second-order valence-corrected chi connectivity index (χ2v) is 6.40. The largest absolute Gasteiger partial charge is 0.493 e. The van der Waals surface area contributed by atoms with Gasteiger partial charge in [0.25, 0.3) is 5.91 Å². The average molecular weight is 417 g/mol. The Labute approximate surface area is 173 Å². The number of carbonyl (C=O) groups excluding carboxylic acids is 2. The topological polar surface area (TPSA) is 102 Å². The summed E-state index contributed by atoms with van der Waals surface area (Å²) in [4.78, 5) is 24.7. The molecule has 1 amide bonds. The van der Waals surface area contributed by atoms with Gasteiger partial charge in [-0.1, -0.05) is 0 Å². The maximum absolute atomic E-state index is 12.4. The first kappa shape index (κ1) is 21.1. The van der Waals surface area contributed by atoms with Gasteiger partial charge in [0.1, 0.15) is 0 Å². The molecular weight excluding hydrogens is 394 g/mol. The van der Waals surface area contributed by atoms with Crippen LogP contribution >= 0.6 is 0 Å². The Morgan fingerprint density at radius 1 is 1.00 bits per heavy atom. The Balaban J connectivity index is 1.60. The second-order valence-electron chi connectivity index (χ2n) is 6.40. The number of fused-ring (bicyclic) bond motifs is 1. The molecule has 1 atom stereocenters. The highest BCUT2D eigenvalue weighted by Gasteiger charge is 2.21. The number of anilines is 1. The standard InChI is InChI=1S/C21H23NO8/c1-12(21(24)22-14-5-6-15-16(10-14)29-11-28-15)30-19(23)9-13-7-17(25-2)20(27-4)18(8-13)26-3/h5-8,10,12H,9,11H2,1-4H3,(H,22,24)/t12-/m1/s1. The molecule has 0 saturated carbocycles. The summed E-state index contributed by atoms with van der Waals surface area (Å²) in [5.41, 5.74) is 1.11. The van der Waals surface area contributed by atoms with Crippen molar-refractivity contribution in [2.24, 2.45) is 0 Å². The molecular formula is C21H23NO8. The Bertz CT molecular complexity index is 918. The van der Waals surface area contributed by atoms with Gasteiger partial charge in [0.2, 0.25) is 12.5 Å². The number of hydrogen-bond acceptors (Lipinski definition) is 8. The second kappa shape index (κ2) is 9.25. The highest BCUT2D eigenvalue weighted by molar-refractivity contribution is 5.95. The minimum Gasteiger partial charge on any atom is -0.493 e. The van der Waals surface area contributed by atoms with Crippen LogP contribution < -0.4 is 29.0 Å². The summed E-state index contributed by atoms with van der Waals surface area (Å²) >= 11 is 0. The molecule has 9 nitrogen and oxygen atoms in total. The van der Waals surface area contributed by atoms with Crippen molar-refractivity contribution in [3.63, 3.8) is 0 Å². The van der Waals surface area contributed by atoms with Crippen molar-refractivity contribution in [3.8, 4) is 28.7 Å². The lowest BCUT2D eigenvalue weighted by Crippen LogP contribution is -2.30. The van der Waals surface area contributed by atoms with Crippen LogP contribution in [0.2, 0.25) is 0 Å². The molecule has 0 unspecified atom stereocenters. The molecule has 1 N–H and O–H groups in total. The van der Waals surface area contributed by atoms with Gasteiger partial charge >= 0.3 is 5.97 Å². The van der Waals surface area contributed by atoms with Crippen molar-refractivity contribution in [2.45, 2.75) is 19.4 Å². The molecule has 160 valence electrons. The van der Waals surface area contributed by atoms with Crippen LogP contribution in [0, 0.1) is 0 Å². The number of carbonyl (C=O) groups is 2. The van der Waals surface area contributed by atoms with E-state index >= 15 is 0 Å². The monoisotopic (exact) mass is 417 g/mol. The average Bonchev–Trinajstić information content (AvgIpc) is 3.20. The quantitative estimate of drug-likeness (QED) is 0.654. The zero-order valence-corrected chi connectivity index (χ0v) is 17.1. The zero-order valence-electron chi connectivity index (χ0n) is 17.1. The van der Waals surface area contributed by atoms with Gasteiger partial charge in [-0.2, -0.15) is 0 Å². The molecule has 0 aromatic heterocycles. The van der Waals surface area contributed by atoms with Gasteiger partial charge in [0, 0.05) is 11.8 Å². The summed E-state index contributed by atoms with van der Waals surface area (Å²) in [6.07, 6.45) is -1.07. The summed E-state index contributed by atoms with van der Waals surface area (Å²) in [6.45, 7) is 1.64. The van der Waals surface area contributed by atoms with E-state index in [-0.39, 0.29) is 13.2 Å². The van der Waals surface area contributed by atoms with E-state index in [0.29, 0.717) is 40.0 Å². The fourth-order valence-electron chi connectivity index (χ4n) is 2.91. The van der Waals surface area contributed by atoms with Crippen LogP contribution in [0.5, 0.6) is 28.7 Å². The minimum absolute atomic E-state index is 0.0711. The van der Waals surface area contributed by atoms with Crippen LogP contribution in [-0.4, -0.2) is 46.1 Å². The Morgan fingerprint density at radius 2 is 1.67 bits per heavy atom. The summed E-state index contributed by atoms with van der Waals surface area (Å²) in [6, 6.07) is 8.32. The van der Waals surface area contributed by atoms with Crippen LogP contribution in [0.1, 0.15) is 12.5 Å². The fraction of sp³-hybridized carbons (Fsp3) is 0.333. The van der Waals surface area contributed by atoms with Gasteiger partial charge in [-0.05, 0) is 36.8 Å². The molecule has 2 aromatic carbocycles. The predicted molar refractivity (Wildman–Crippen MR) is 107 cm³/mol. The smallest absolute Gasteiger partial charge is 0.311 e. The molecule has 0 bridgehead atoms. The summed E-state index contributed by atoms with van der Waals surface area (Å²) < 4.78 is 31.6. The summed E-state index contributed by atoms with van der Waals surface area (Å²) in [7, 11) is 4.47. The number of benzene rings is 2. The minimum atomic E-state index is -0.995. The fourth-order valence-corrected chi connectivity index (χ4v) is 2.91. The number of hydrogen-bond donors (Lipinski definition) is 1. The Hall–Kier alpha value is -3.62. The normalized spacial score (nSPS) is 12.7. The molecule has 0 fully saturated rings. The van der Waals surface area contributed by atoms with E-state index in [1.807, 2.05) is 0 Å². The maximum Gasteiger partial charge on any atom is 0.311 e. The van der Waals surface area contributed by atoms with Crippen molar-refractivity contribution in [1.29, 1.82) is 0 Å². The lowest BCUT2D eigenvalue weighted by Gasteiger charge is -2.16. The van der Waals surface area contributed by atoms with Gasteiger partial charge in [-0.3, -0.25) is 9.59 Å². The van der Waals surface area contributed by atoms with Gasteiger partial charge < -0.3 is 33.7 Å². The van der Waals surface area contributed by atoms with E-state index < -0.39 is 18.0 Å². The van der Waals surface area contributed by atoms with E-state index in [4.69, 9.17) is 28.4 Å². The van der Waals surface area contributed by atoms with Crippen molar-refractivity contribution in [2.75, 3.05) is 33.4 Å². The number of ether oxygens (including phenoxy) is 6. The van der Waals surface area contributed by atoms with Crippen molar-refractivity contribution < 1.29 is 38.0 Å². The van der Waals surface area contributed by atoms with Gasteiger partial charge in [-0.25, -0.2) is 0 Å². The van der Waals surface area contributed by atoms with Crippen molar-refractivity contribution in [1.82, 2.24) is 0 Å². The Morgan fingerprint density at radius 3 is 2.30 bits per heavy atom. The third-order valence-electron chi connectivity index (χ3n) is 4.39. The third-order valence-corrected chi connectivity index (χ3v) is 4.39. The van der Waals surface area contributed by atoms with Crippen molar-refractivity contribution >= 4 is 17.6 Å². The first-order chi connectivity index (χ1) is 14.4. The maximum atomic E-state index is 12.4. The molecule has 2 aromatic rings. The molecule has 30 heavy (non-hydrogen) atoms. The van der Waals surface area contributed by atoms with Crippen LogP contribution in [0.4, 0.5) is 5.69 Å². The molecule has 0 saturated heterocycles. The number of esters is 1. The van der Waals surface area contributed by atoms with E-state index in [1.54, 1.807) is 30.3 Å². The lowest BCUT2D eigenvalue weighted by molar-refractivity contribution is -0.152. The first-order valence-corrected chi connectivity index (χ1v) is 9.14. The summed E-state index contributed by atoms with van der Waals surface area (Å²) in [5, 5.41) is 2.68. The molecule has 0 radical (unpaired) electrons. The van der Waals surface area contributed by atoms with E-state index in [1.165, 1.54) is 28.3 Å². The number of rotatable bonds is 8. The first-order valence-electron chi connectivity index (χ1n) is 9.14. The molecule has 1 aliphatic rings. The van der Waals surface area contributed by atoms with E-state index in [9.17, 15) is 9.59 Å². The van der Waals surface area contributed by atoms with Gasteiger partial charge in [0.05, 0.1) is 27.8 Å². The zero-order chi connectivity index (χ0) is 21.7. The Kier molecular flexibility index (Phi) is 6.51. The lowest BCUT2D eigenvalue weighted by atomic mass is 10.1.